The lowest BCUT2D eigenvalue weighted by molar-refractivity contribution is 0.568. The molecule has 2 aromatic rings. The van der Waals surface area contributed by atoms with Crippen molar-refractivity contribution in [3.05, 3.63) is 23.3 Å². The highest BCUT2D eigenvalue weighted by atomic mass is 15.3. The molecule has 0 amide bonds. The average Bonchev–Trinajstić information content (AvgIpc) is 2.63. The second kappa shape index (κ2) is 6.55. The fourth-order valence-electron chi connectivity index (χ4n) is 3.71. The van der Waals surface area contributed by atoms with E-state index in [1.807, 2.05) is 0 Å². The van der Waals surface area contributed by atoms with Gasteiger partial charge in [0, 0.05) is 44.7 Å². The molecule has 5 nitrogen and oxygen atoms in total. The minimum Gasteiger partial charge on any atom is -0.356 e. The first-order valence-electron chi connectivity index (χ1n) is 9.22. The third kappa shape index (κ3) is 2.93. The molecule has 4 rings (SSSR count). The predicted octanol–water partition coefficient (Wildman–Crippen LogP) is 2.65. The van der Waals surface area contributed by atoms with Crippen LogP contribution in [0.5, 0.6) is 0 Å². The fourth-order valence-corrected chi connectivity index (χ4v) is 3.71. The first-order chi connectivity index (χ1) is 11.7. The molecule has 2 aliphatic heterocycles. The Hall–Kier alpha value is -1.88. The fraction of sp³-hybridized carbons (Fsp3) is 0.579. The maximum Gasteiger partial charge on any atom is 0.227 e. The molecule has 0 atom stereocenters. The van der Waals surface area contributed by atoms with E-state index in [0.29, 0.717) is 0 Å². The van der Waals surface area contributed by atoms with Gasteiger partial charge in [0.25, 0.3) is 0 Å². The molecule has 1 aromatic carbocycles. The third-order valence-corrected chi connectivity index (χ3v) is 5.33. The zero-order valence-electron chi connectivity index (χ0n) is 14.8. The zero-order chi connectivity index (χ0) is 16.5. The quantitative estimate of drug-likeness (QED) is 0.919. The minimum absolute atomic E-state index is 0.896. The zero-order valence-corrected chi connectivity index (χ0v) is 14.8. The van der Waals surface area contributed by atoms with Crippen molar-refractivity contribution < 1.29 is 0 Å². The molecule has 0 saturated carbocycles. The van der Waals surface area contributed by atoms with E-state index in [0.717, 1.165) is 56.6 Å². The third-order valence-electron chi connectivity index (χ3n) is 5.33. The number of piperazine rings is 1. The van der Waals surface area contributed by atoms with Gasteiger partial charge in [0.1, 0.15) is 5.82 Å². The summed E-state index contributed by atoms with van der Waals surface area (Å²) >= 11 is 0. The largest absolute Gasteiger partial charge is 0.356 e. The molecule has 0 aliphatic carbocycles. The number of fused-ring (bicyclic) bond motifs is 1. The predicted molar refractivity (Wildman–Crippen MR) is 100 cm³/mol. The highest BCUT2D eigenvalue weighted by Gasteiger charge is 2.20. The number of aryl methyl sites for hydroxylation is 2. The summed E-state index contributed by atoms with van der Waals surface area (Å²) in [6, 6.07) is 4.50. The van der Waals surface area contributed by atoms with E-state index in [4.69, 9.17) is 9.97 Å². The Kier molecular flexibility index (Phi) is 4.27. The van der Waals surface area contributed by atoms with Gasteiger partial charge in [0.15, 0.2) is 0 Å². The number of piperidine rings is 1. The molecule has 0 bridgehead atoms. The number of rotatable bonds is 2. The molecular formula is C19H27N5. The van der Waals surface area contributed by atoms with Crippen molar-refractivity contribution in [3.63, 3.8) is 0 Å². The Labute approximate surface area is 144 Å². The van der Waals surface area contributed by atoms with Crippen molar-refractivity contribution in [1.82, 2.24) is 15.3 Å². The first kappa shape index (κ1) is 15.6. The molecular weight excluding hydrogens is 298 g/mol. The van der Waals surface area contributed by atoms with Crippen molar-refractivity contribution in [2.24, 2.45) is 0 Å². The normalized spacial score (nSPS) is 19.1. The van der Waals surface area contributed by atoms with Crippen molar-refractivity contribution in [3.8, 4) is 0 Å². The van der Waals surface area contributed by atoms with Crippen molar-refractivity contribution in [2.75, 3.05) is 49.1 Å². The van der Waals surface area contributed by atoms with Crippen LogP contribution in [0.2, 0.25) is 0 Å². The highest BCUT2D eigenvalue weighted by Crippen LogP contribution is 2.30. The number of nitrogens with zero attached hydrogens (tertiary/aromatic N) is 4. The van der Waals surface area contributed by atoms with Crippen LogP contribution in [-0.4, -0.2) is 49.2 Å². The van der Waals surface area contributed by atoms with E-state index in [-0.39, 0.29) is 0 Å². The van der Waals surface area contributed by atoms with Crippen LogP contribution in [0.15, 0.2) is 12.1 Å². The summed E-state index contributed by atoms with van der Waals surface area (Å²) in [4.78, 5) is 14.7. The van der Waals surface area contributed by atoms with Crippen LogP contribution in [0.3, 0.4) is 0 Å². The van der Waals surface area contributed by atoms with E-state index in [9.17, 15) is 0 Å². The second-order valence-electron chi connectivity index (χ2n) is 7.09. The van der Waals surface area contributed by atoms with Gasteiger partial charge in [-0.1, -0.05) is 0 Å². The maximum absolute atomic E-state index is 5.03. The van der Waals surface area contributed by atoms with Crippen LogP contribution < -0.4 is 15.1 Å². The van der Waals surface area contributed by atoms with Gasteiger partial charge in [-0.15, -0.1) is 0 Å². The molecule has 2 saturated heterocycles. The number of hydrogen-bond acceptors (Lipinski definition) is 5. The molecule has 0 unspecified atom stereocenters. The number of benzene rings is 1. The lowest BCUT2D eigenvalue weighted by atomic mass is 10.1. The minimum atomic E-state index is 0.896. The summed E-state index contributed by atoms with van der Waals surface area (Å²) in [5.74, 6) is 2.03. The molecule has 1 N–H and O–H groups in total. The van der Waals surface area contributed by atoms with Crippen molar-refractivity contribution in [2.45, 2.75) is 33.1 Å². The van der Waals surface area contributed by atoms with Crippen LogP contribution in [-0.2, 0) is 0 Å². The Bertz CT molecular complexity index is 730. The topological polar surface area (TPSA) is 44.3 Å². The molecule has 3 heterocycles. The molecule has 2 aliphatic rings. The van der Waals surface area contributed by atoms with Crippen LogP contribution in [0.4, 0.5) is 11.8 Å². The van der Waals surface area contributed by atoms with Gasteiger partial charge in [-0.05, 0) is 56.4 Å². The van der Waals surface area contributed by atoms with Gasteiger partial charge in [-0.25, -0.2) is 4.98 Å². The summed E-state index contributed by atoms with van der Waals surface area (Å²) in [6.07, 6.45) is 3.86. The van der Waals surface area contributed by atoms with Gasteiger partial charge in [0.05, 0.1) is 5.52 Å². The van der Waals surface area contributed by atoms with Crippen LogP contribution in [0, 0.1) is 13.8 Å². The highest BCUT2D eigenvalue weighted by molar-refractivity contribution is 5.91. The standard InChI is InChI=1S/C19H27N5/c1-14-12-16-17(13-15(14)2)21-19(24-10-6-20-7-11-24)22-18(16)23-8-4-3-5-9-23/h12-13,20H,3-11H2,1-2H3. The van der Waals surface area contributed by atoms with Gasteiger partial charge in [-0.3, -0.25) is 0 Å². The Morgan fingerprint density at radius 1 is 0.833 bits per heavy atom. The molecule has 24 heavy (non-hydrogen) atoms. The van der Waals surface area contributed by atoms with Crippen LogP contribution in [0.25, 0.3) is 10.9 Å². The van der Waals surface area contributed by atoms with Gasteiger partial charge >= 0.3 is 0 Å². The molecule has 1 aromatic heterocycles. The summed E-state index contributed by atoms with van der Waals surface area (Å²) in [5, 5.41) is 4.62. The van der Waals surface area contributed by atoms with Crippen molar-refractivity contribution >= 4 is 22.7 Å². The smallest absolute Gasteiger partial charge is 0.227 e. The number of nitrogens with one attached hydrogen (secondary N) is 1. The molecule has 2 fully saturated rings. The van der Waals surface area contributed by atoms with E-state index in [1.54, 1.807) is 0 Å². The molecule has 0 radical (unpaired) electrons. The van der Waals surface area contributed by atoms with Crippen LogP contribution >= 0.6 is 0 Å². The lowest BCUT2D eigenvalue weighted by Crippen LogP contribution is -2.44. The Morgan fingerprint density at radius 3 is 2.29 bits per heavy atom. The summed E-state index contributed by atoms with van der Waals surface area (Å²) in [7, 11) is 0. The summed E-state index contributed by atoms with van der Waals surface area (Å²) in [6.45, 7) is 10.5. The first-order valence-corrected chi connectivity index (χ1v) is 9.22. The van der Waals surface area contributed by atoms with E-state index >= 15 is 0 Å². The SMILES string of the molecule is Cc1cc2nc(N3CCNCC3)nc(N3CCCCC3)c2cc1C. The monoisotopic (exact) mass is 325 g/mol. The number of aromatic nitrogens is 2. The summed E-state index contributed by atoms with van der Waals surface area (Å²) in [5.41, 5.74) is 3.71. The van der Waals surface area contributed by atoms with Gasteiger partial charge in [-0.2, -0.15) is 4.98 Å². The van der Waals surface area contributed by atoms with Crippen molar-refractivity contribution in [1.29, 1.82) is 0 Å². The summed E-state index contributed by atoms with van der Waals surface area (Å²) < 4.78 is 0. The van der Waals surface area contributed by atoms with E-state index in [2.05, 4.69) is 41.1 Å². The van der Waals surface area contributed by atoms with Gasteiger partial charge < -0.3 is 15.1 Å². The number of hydrogen-bond donors (Lipinski definition) is 1. The molecule has 128 valence electrons. The van der Waals surface area contributed by atoms with E-state index in [1.165, 1.54) is 35.8 Å². The average molecular weight is 325 g/mol. The Morgan fingerprint density at radius 2 is 1.54 bits per heavy atom. The second-order valence-corrected chi connectivity index (χ2v) is 7.09. The van der Waals surface area contributed by atoms with E-state index < -0.39 is 0 Å². The molecule has 0 spiro atoms. The number of anilines is 2. The molecule has 5 heteroatoms. The maximum atomic E-state index is 5.03. The van der Waals surface area contributed by atoms with Gasteiger partial charge in [0.2, 0.25) is 5.95 Å². The Balaban J connectivity index is 1.83. The van der Waals surface area contributed by atoms with Crippen LogP contribution in [0.1, 0.15) is 30.4 Å². The lowest BCUT2D eigenvalue weighted by Gasteiger charge is -2.32.